The number of carbonyl (C=O) groups is 1. The van der Waals surface area contributed by atoms with Crippen LogP contribution in [0.1, 0.15) is 22.8 Å². The molecule has 1 aromatic rings. The van der Waals surface area contributed by atoms with Gasteiger partial charge in [-0.3, -0.25) is 4.79 Å². The number of halogens is 3. The number of alkyl halides is 2. The van der Waals surface area contributed by atoms with Gasteiger partial charge in [0.05, 0.1) is 5.56 Å². The van der Waals surface area contributed by atoms with Gasteiger partial charge in [-0.25, -0.2) is 4.39 Å². The number of ether oxygens (including phenoxy) is 1. The predicted octanol–water partition coefficient (Wildman–Crippen LogP) is 2.94. The van der Waals surface area contributed by atoms with Crippen molar-refractivity contribution in [2.75, 3.05) is 0 Å². The number of aryl methyl sites for hydroxylation is 1. The van der Waals surface area contributed by atoms with Crippen LogP contribution in [0.3, 0.4) is 0 Å². The van der Waals surface area contributed by atoms with E-state index in [0.717, 1.165) is 6.07 Å². The van der Waals surface area contributed by atoms with Crippen molar-refractivity contribution in [3.8, 4) is 5.75 Å². The van der Waals surface area contributed by atoms with Gasteiger partial charge in [0, 0.05) is 6.07 Å². The van der Waals surface area contributed by atoms with Crippen LogP contribution >= 0.6 is 0 Å². The lowest BCUT2D eigenvalue weighted by atomic mass is 10.1. The van der Waals surface area contributed by atoms with E-state index in [0.29, 0.717) is 5.56 Å². The molecule has 0 saturated heterocycles. The normalized spacial score (nSPS) is 10.5. The zero-order chi connectivity index (χ0) is 11.6. The quantitative estimate of drug-likeness (QED) is 0.729. The first-order chi connectivity index (χ1) is 6.91. The molecule has 0 aliphatic carbocycles. The number of hydrogen-bond donors (Lipinski definition) is 0. The monoisotopic (exact) mass is 218 g/mol. The van der Waals surface area contributed by atoms with Gasteiger partial charge in [0.2, 0.25) is 0 Å². The molecule has 0 atom stereocenters. The number of carbonyl (C=O) groups excluding carboxylic acids is 1. The minimum Gasteiger partial charge on any atom is -0.434 e. The fourth-order valence-corrected chi connectivity index (χ4v) is 1.16. The van der Waals surface area contributed by atoms with Gasteiger partial charge in [0.15, 0.2) is 5.78 Å². The fraction of sp³-hybridized carbons (Fsp3) is 0.300. The third-order valence-electron chi connectivity index (χ3n) is 1.86. The molecule has 0 N–H and O–H groups in total. The molecule has 1 rings (SSSR count). The summed E-state index contributed by atoms with van der Waals surface area (Å²) in [6.07, 6.45) is 0. The summed E-state index contributed by atoms with van der Waals surface area (Å²) in [5.41, 5.74) is 0.163. The van der Waals surface area contributed by atoms with Crippen LogP contribution in [0.15, 0.2) is 12.1 Å². The Kier molecular flexibility index (Phi) is 3.34. The molecule has 0 aliphatic heterocycles. The minimum absolute atomic E-state index is 0.130. The van der Waals surface area contributed by atoms with Crippen molar-refractivity contribution in [1.82, 2.24) is 0 Å². The summed E-state index contributed by atoms with van der Waals surface area (Å²) in [7, 11) is 0. The molecule has 0 heterocycles. The molecule has 15 heavy (non-hydrogen) atoms. The summed E-state index contributed by atoms with van der Waals surface area (Å²) in [6, 6.07) is 1.98. The van der Waals surface area contributed by atoms with Crippen molar-refractivity contribution in [3.63, 3.8) is 0 Å². The number of hydrogen-bond acceptors (Lipinski definition) is 2. The van der Waals surface area contributed by atoms with Gasteiger partial charge in [-0.05, 0) is 25.5 Å². The molecular formula is C10H9F3O2. The van der Waals surface area contributed by atoms with E-state index in [1.165, 1.54) is 19.9 Å². The van der Waals surface area contributed by atoms with E-state index in [1.807, 2.05) is 0 Å². The summed E-state index contributed by atoms with van der Waals surface area (Å²) in [6.45, 7) is -0.346. The first-order valence-electron chi connectivity index (χ1n) is 4.17. The molecule has 0 unspecified atom stereocenters. The van der Waals surface area contributed by atoms with Crippen LogP contribution in [0.5, 0.6) is 5.75 Å². The molecule has 0 saturated carbocycles. The number of ketones is 1. The smallest absolute Gasteiger partial charge is 0.387 e. The van der Waals surface area contributed by atoms with Crippen LogP contribution in [0.25, 0.3) is 0 Å². The largest absolute Gasteiger partial charge is 0.434 e. The molecular weight excluding hydrogens is 209 g/mol. The van der Waals surface area contributed by atoms with Crippen LogP contribution < -0.4 is 4.74 Å². The summed E-state index contributed by atoms with van der Waals surface area (Å²) in [5.74, 6) is -1.57. The van der Waals surface area contributed by atoms with Gasteiger partial charge in [0.25, 0.3) is 0 Å². The summed E-state index contributed by atoms with van der Waals surface area (Å²) in [5, 5.41) is 0. The highest BCUT2D eigenvalue weighted by Gasteiger charge is 2.14. The third kappa shape index (κ3) is 2.71. The van der Waals surface area contributed by atoms with Gasteiger partial charge in [0.1, 0.15) is 11.6 Å². The van der Waals surface area contributed by atoms with Crippen molar-refractivity contribution >= 4 is 5.78 Å². The average molecular weight is 218 g/mol. The predicted molar refractivity (Wildman–Crippen MR) is 47.8 cm³/mol. The highest BCUT2D eigenvalue weighted by atomic mass is 19.3. The van der Waals surface area contributed by atoms with Crippen LogP contribution in [-0.2, 0) is 0 Å². The Labute approximate surface area is 84.7 Å². The van der Waals surface area contributed by atoms with Crippen LogP contribution in [0, 0.1) is 12.7 Å². The molecule has 2 nitrogen and oxygen atoms in total. The van der Waals surface area contributed by atoms with Crippen LogP contribution in [0.4, 0.5) is 13.2 Å². The van der Waals surface area contributed by atoms with E-state index in [1.54, 1.807) is 0 Å². The van der Waals surface area contributed by atoms with E-state index in [2.05, 4.69) is 4.74 Å². The van der Waals surface area contributed by atoms with E-state index in [-0.39, 0.29) is 11.3 Å². The Hall–Kier alpha value is -1.52. The van der Waals surface area contributed by atoms with Crippen molar-refractivity contribution in [2.45, 2.75) is 20.5 Å². The second kappa shape index (κ2) is 4.33. The first-order valence-corrected chi connectivity index (χ1v) is 4.17. The standard InChI is InChI=1S/C10H9F3O2/c1-5-3-7(6(2)14)8(11)4-9(5)15-10(12)13/h3-4,10H,1-2H3. The number of Topliss-reactive ketones (excluding diaryl/α,β-unsaturated/α-hetero) is 1. The third-order valence-corrected chi connectivity index (χ3v) is 1.86. The minimum atomic E-state index is -3.01. The van der Waals surface area contributed by atoms with Gasteiger partial charge >= 0.3 is 6.61 Å². The molecule has 0 fully saturated rings. The van der Waals surface area contributed by atoms with E-state index in [9.17, 15) is 18.0 Å². The zero-order valence-electron chi connectivity index (χ0n) is 8.18. The summed E-state index contributed by atoms with van der Waals surface area (Å²) >= 11 is 0. The topological polar surface area (TPSA) is 26.3 Å². The highest BCUT2D eigenvalue weighted by molar-refractivity contribution is 5.94. The molecule has 0 aliphatic rings. The molecule has 82 valence electrons. The summed E-state index contributed by atoms with van der Waals surface area (Å²) in [4.78, 5) is 10.9. The van der Waals surface area contributed by atoms with Crippen molar-refractivity contribution < 1.29 is 22.7 Å². The Balaban J connectivity index is 3.13. The zero-order valence-corrected chi connectivity index (χ0v) is 8.18. The van der Waals surface area contributed by atoms with E-state index >= 15 is 0 Å². The van der Waals surface area contributed by atoms with Crippen molar-refractivity contribution in [3.05, 3.63) is 29.1 Å². The fourth-order valence-electron chi connectivity index (χ4n) is 1.16. The summed E-state index contributed by atoms with van der Waals surface area (Å²) < 4.78 is 41.0. The van der Waals surface area contributed by atoms with Crippen LogP contribution in [-0.4, -0.2) is 12.4 Å². The lowest BCUT2D eigenvalue weighted by Crippen LogP contribution is -2.06. The molecule has 5 heteroatoms. The number of benzene rings is 1. The van der Waals surface area contributed by atoms with Gasteiger partial charge in [-0.15, -0.1) is 0 Å². The molecule has 0 radical (unpaired) electrons. The lowest BCUT2D eigenvalue weighted by Gasteiger charge is -2.09. The molecule has 0 amide bonds. The van der Waals surface area contributed by atoms with E-state index in [4.69, 9.17) is 0 Å². The number of rotatable bonds is 3. The van der Waals surface area contributed by atoms with Gasteiger partial charge < -0.3 is 4.74 Å². The van der Waals surface area contributed by atoms with Gasteiger partial charge in [-0.1, -0.05) is 0 Å². The van der Waals surface area contributed by atoms with Crippen LogP contribution in [0.2, 0.25) is 0 Å². The Morgan fingerprint density at radius 1 is 1.40 bits per heavy atom. The van der Waals surface area contributed by atoms with Crippen molar-refractivity contribution in [1.29, 1.82) is 0 Å². The highest BCUT2D eigenvalue weighted by Crippen LogP contribution is 2.24. The molecule has 0 spiro atoms. The maximum Gasteiger partial charge on any atom is 0.387 e. The average Bonchev–Trinajstić information content (AvgIpc) is 2.09. The van der Waals surface area contributed by atoms with Gasteiger partial charge in [-0.2, -0.15) is 8.78 Å². The van der Waals surface area contributed by atoms with Crippen molar-refractivity contribution in [2.24, 2.45) is 0 Å². The Bertz CT molecular complexity index is 388. The molecule has 1 aromatic carbocycles. The molecule has 0 bridgehead atoms. The lowest BCUT2D eigenvalue weighted by molar-refractivity contribution is -0.0504. The maximum absolute atomic E-state index is 13.2. The molecule has 0 aromatic heterocycles. The Morgan fingerprint density at radius 3 is 2.47 bits per heavy atom. The second-order valence-corrected chi connectivity index (χ2v) is 3.03. The SMILES string of the molecule is CC(=O)c1cc(C)c(OC(F)F)cc1F. The maximum atomic E-state index is 13.2. The van der Waals surface area contributed by atoms with E-state index < -0.39 is 18.2 Å². The Morgan fingerprint density at radius 2 is 2.00 bits per heavy atom. The first kappa shape index (κ1) is 11.6. The second-order valence-electron chi connectivity index (χ2n) is 3.03.